The van der Waals surface area contributed by atoms with Crippen LogP contribution in [0.3, 0.4) is 0 Å². The van der Waals surface area contributed by atoms with Gasteiger partial charge in [-0.3, -0.25) is 4.79 Å². The predicted molar refractivity (Wildman–Crippen MR) is 59.3 cm³/mol. The fraction of sp³-hybridized carbons (Fsp3) is 0.917. The Hall–Kier alpha value is -0.370. The van der Waals surface area contributed by atoms with Crippen LogP contribution >= 0.6 is 0 Å². The van der Waals surface area contributed by atoms with Crippen molar-refractivity contribution in [1.29, 1.82) is 0 Å². The van der Waals surface area contributed by atoms with E-state index in [1.54, 1.807) is 0 Å². The predicted octanol–water partition coefficient (Wildman–Crippen LogP) is 2.38. The molecule has 0 aromatic rings. The number of carbonyl (C=O) groups is 1. The molecule has 1 aliphatic rings. The van der Waals surface area contributed by atoms with Crippen LogP contribution in [0, 0.1) is 11.3 Å². The Labute approximate surface area is 87.5 Å². The number of rotatable bonds is 4. The van der Waals surface area contributed by atoms with Crippen LogP contribution < -0.4 is 5.32 Å². The Morgan fingerprint density at radius 3 is 2.79 bits per heavy atom. The highest BCUT2D eigenvalue weighted by Gasteiger charge is 2.36. The van der Waals surface area contributed by atoms with Crippen LogP contribution in [0.5, 0.6) is 0 Å². The van der Waals surface area contributed by atoms with Crippen molar-refractivity contribution in [2.45, 2.75) is 46.5 Å². The van der Waals surface area contributed by atoms with E-state index in [-0.39, 0.29) is 11.3 Å². The van der Waals surface area contributed by atoms with Gasteiger partial charge in [0.2, 0.25) is 0 Å². The van der Waals surface area contributed by atoms with Gasteiger partial charge in [-0.2, -0.15) is 0 Å². The van der Waals surface area contributed by atoms with Crippen molar-refractivity contribution in [3.05, 3.63) is 0 Å². The maximum atomic E-state index is 12.2. The van der Waals surface area contributed by atoms with E-state index in [4.69, 9.17) is 0 Å². The number of ketones is 1. The summed E-state index contributed by atoms with van der Waals surface area (Å²) in [7, 11) is 0. The van der Waals surface area contributed by atoms with Gasteiger partial charge in [0.15, 0.2) is 0 Å². The average molecular weight is 197 g/mol. The molecule has 0 radical (unpaired) electrons. The SMILES string of the molecule is CCCC(C)C(=O)C1(C)CCCNC1. The summed E-state index contributed by atoms with van der Waals surface area (Å²) in [6.45, 7) is 8.29. The second kappa shape index (κ2) is 4.92. The van der Waals surface area contributed by atoms with E-state index in [1.165, 1.54) is 0 Å². The summed E-state index contributed by atoms with van der Waals surface area (Å²) in [5, 5.41) is 3.33. The van der Waals surface area contributed by atoms with Crippen LogP contribution in [-0.2, 0) is 4.79 Å². The van der Waals surface area contributed by atoms with Gasteiger partial charge < -0.3 is 5.32 Å². The molecule has 2 heteroatoms. The Morgan fingerprint density at radius 1 is 1.57 bits per heavy atom. The molecule has 0 aliphatic carbocycles. The van der Waals surface area contributed by atoms with Crippen molar-refractivity contribution in [2.75, 3.05) is 13.1 Å². The van der Waals surface area contributed by atoms with Crippen LogP contribution in [0.4, 0.5) is 0 Å². The van der Waals surface area contributed by atoms with Crippen molar-refractivity contribution < 1.29 is 4.79 Å². The molecule has 14 heavy (non-hydrogen) atoms. The molecule has 0 amide bonds. The van der Waals surface area contributed by atoms with Gasteiger partial charge >= 0.3 is 0 Å². The molecule has 0 aromatic carbocycles. The molecule has 0 bridgehead atoms. The number of carbonyl (C=O) groups excluding carboxylic acids is 1. The molecule has 1 saturated heterocycles. The lowest BCUT2D eigenvalue weighted by Gasteiger charge is -2.34. The highest BCUT2D eigenvalue weighted by atomic mass is 16.1. The monoisotopic (exact) mass is 197 g/mol. The Bertz CT molecular complexity index is 194. The van der Waals surface area contributed by atoms with E-state index in [0.29, 0.717) is 5.78 Å². The fourth-order valence-electron chi connectivity index (χ4n) is 2.43. The lowest BCUT2D eigenvalue weighted by Crippen LogP contribution is -2.45. The van der Waals surface area contributed by atoms with Crippen LogP contribution in [0.1, 0.15) is 46.5 Å². The first-order valence-electron chi connectivity index (χ1n) is 5.85. The first-order valence-corrected chi connectivity index (χ1v) is 5.85. The molecular formula is C12H23NO. The third-order valence-corrected chi connectivity index (χ3v) is 3.36. The number of Topliss-reactive ketones (excluding diaryl/α,β-unsaturated/α-hetero) is 1. The Balaban J connectivity index is 2.56. The molecule has 1 aliphatic heterocycles. The van der Waals surface area contributed by atoms with E-state index in [2.05, 4.69) is 26.1 Å². The highest BCUT2D eigenvalue weighted by Crippen LogP contribution is 2.30. The van der Waals surface area contributed by atoms with Crippen molar-refractivity contribution in [3.63, 3.8) is 0 Å². The molecule has 0 spiro atoms. The van der Waals surface area contributed by atoms with Gasteiger partial charge in [0.05, 0.1) is 0 Å². The maximum Gasteiger partial charge on any atom is 0.142 e. The largest absolute Gasteiger partial charge is 0.316 e. The van der Waals surface area contributed by atoms with Gasteiger partial charge in [-0.25, -0.2) is 0 Å². The number of piperidine rings is 1. The lowest BCUT2D eigenvalue weighted by molar-refractivity contribution is -0.132. The van der Waals surface area contributed by atoms with E-state index in [0.717, 1.165) is 38.8 Å². The van der Waals surface area contributed by atoms with Crippen LogP contribution in [0.2, 0.25) is 0 Å². The number of hydrogen-bond acceptors (Lipinski definition) is 2. The molecule has 1 fully saturated rings. The maximum absolute atomic E-state index is 12.2. The molecular weight excluding hydrogens is 174 g/mol. The van der Waals surface area contributed by atoms with Gasteiger partial charge in [0.25, 0.3) is 0 Å². The molecule has 1 rings (SSSR count). The third kappa shape index (κ3) is 2.57. The lowest BCUT2D eigenvalue weighted by atomic mass is 9.74. The molecule has 82 valence electrons. The molecule has 2 unspecified atom stereocenters. The van der Waals surface area contributed by atoms with Gasteiger partial charge in [-0.15, -0.1) is 0 Å². The van der Waals surface area contributed by atoms with Gasteiger partial charge in [-0.05, 0) is 25.8 Å². The summed E-state index contributed by atoms with van der Waals surface area (Å²) >= 11 is 0. The van der Waals surface area contributed by atoms with Crippen LogP contribution in [0.15, 0.2) is 0 Å². The Kier molecular flexibility index (Phi) is 4.11. The normalized spacial score (nSPS) is 29.9. The van der Waals surface area contributed by atoms with E-state index >= 15 is 0 Å². The van der Waals surface area contributed by atoms with Gasteiger partial charge in [-0.1, -0.05) is 27.2 Å². The standard InChI is InChI=1S/C12H23NO/c1-4-6-10(2)11(14)12(3)7-5-8-13-9-12/h10,13H,4-9H2,1-3H3. The zero-order chi connectivity index (χ0) is 10.6. The van der Waals surface area contributed by atoms with Crippen molar-refractivity contribution in [3.8, 4) is 0 Å². The first-order chi connectivity index (χ1) is 6.60. The smallest absolute Gasteiger partial charge is 0.142 e. The van der Waals surface area contributed by atoms with Crippen molar-refractivity contribution >= 4 is 5.78 Å². The van der Waals surface area contributed by atoms with Gasteiger partial charge in [0, 0.05) is 17.9 Å². The van der Waals surface area contributed by atoms with Crippen LogP contribution in [0.25, 0.3) is 0 Å². The van der Waals surface area contributed by atoms with Crippen LogP contribution in [-0.4, -0.2) is 18.9 Å². The molecule has 0 saturated carbocycles. The van der Waals surface area contributed by atoms with Gasteiger partial charge in [0.1, 0.15) is 5.78 Å². The molecule has 2 atom stereocenters. The van der Waals surface area contributed by atoms with E-state index in [1.807, 2.05) is 0 Å². The highest BCUT2D eigenvalue weighted by molar-refractivity contribution is 5.86. The molecule has 1 N–H and O–H groups in total. The minimum Gasteiger partial charge on any atom is -0.316 e. The quantitative estimate of drug-likeness (QED) is 0.749. The third-order valence-electron chi connectivity index (χ3n) is 3.36. The molecule has 0 aromatic heterocycles. The molecule has 1 heterocycles. The Morgan fingerprint density at radius 2 is 2.29 bits per heavy atom. The summed E-state index contributed by atoms with van der Waals surface area (Å²) in [6.07, 6.45) is 4.35. The van der Waals surface area contributed by atoms with Crippen molar-refractivity contribution in [1.82, 2.24) is 5.32 Å². The number of hydrogen-bond donors (Lipinski definition) is 1. The molecule has 2 nitrogen and oxygen atoms in total. The summed E-state index contributed by atoms with van der Waals surface area (Å²) < 4.78 is 0. The summed E-state index contributed by atoms with van der Waals surface area (Å²) in [6, 6.07) is 0. The topological polar surface area (TPSA) is 29.1 Å². The first kappa shape index (κ1) is 11.7. The summed E-state index contributed by atoms with van der Waals surface area (Å²) in [4.78, 5) is 12.2. The minimum atomic E-state index is -0.0904. The van der Waals surface area contributed by atoms with Crippen molar-refractivity contribution in [2.24, 2.45) is 11.3 Å². The fourth-order valence-corrected chi connectivity index (χ4v) is 2.43. The minimum absolute atomic E-state index is 0.0904. The summed E-state index contributed by atoms with van der Waals surface area (Å²) in [5.41, 5.74) is -0.0904. The number of nitrogens with one attached hydrogen (secondary N) is 1. The average Bonchev–Trinajstić information content (AvgIpc) is 2.18. The van der Waals surface area contributed by atoms with E-state index in [9.17, 15) is 4.79 Å². The second-order valence-corrected chi connectivity index (χ2v) is 4.89. The second-order valence-electron chi connectivity index (χ2n) is 4.89. The summed E-state index contributed by atoms with van der Waals surface area (Å²) in [5.74, 6) is 0.705. The zero-order valence-electron chi connectivity index (χ0n) is 9.73. The van der Waals surface area contributed by atoms with E-state index < -0.39 is 0 Å². The zero-order valence-corrected chi connectivity index (χ0v) is 9.73.